The predicted molar refractivity (Wildman–Crippen MR) is 103 cm³/mol. The highest BCUT2D eigenvalue weighted by Crippen LogP contribution is 2.25. The minimum absolute atomic E-state index is 0.365. The molecule has 26 heavy (non-hydrogen) atoms. The van der Waals surface area contributed by atoms with Gasteiger partial charge in [-0.15, -0.1) is 0 Å². The molecule has 0 radical (unpaired) electrons. The van der Waals surface area contributed by atoms with E-state index in [0.717, 1.165) is 25.2 Å². The van der Waals surface area contributed by atoms with Crippen LogP contribution in [0.2, 0.25) is 0 Å². The molecular formula is C20H27N5O. The third kappa shape index (κ3) is 4.02. The molecule has 4 rings (SSSR count). The molecule has 0 saturated carbocycles. The fourth-order valence-electron chi connectivity index (χ4n) is 3.37. The smallest absolute Gasteiger partial charge is 0.254 e. The standard InChI is InChI=1S/C18H21N5O.C2H6/c1-14-4-2-5-15(10-14)11-24-12-16-6-3-9-22(16)17-7-8-19-18-20-13-21-23(17)18;1-2/h2,4-5,7-8,10,13,16H,3,6,9,11-12H2,1H3;1-2H3/t16-;/m1./s1. The molecule has 3 heterocycles. The van der Waals surface area contributed by atoms with E-state index in [2.05, 4.69) is 51.2 Å². The third-order valence-corrected chi connectivity index (χ3v) is 4.49. The van der Waals surface area contributed by atoms with Crippen molar-refractivity contribution < 1.29 is 4.74 Å². The number of benzene rings is 1. The van der Waals surface area contributed by atoms with Gasteiger partial charge in [-0.2, -0.15) is 14.6 Å². The van der Waals surface area contributed by atoms with E-state index in [9.17, 15) is 0 Å². The number of aryl methyl sites for hydroxylation is 1. The molecule has 1 fully saturated rings. The van der Waals surface area contributed by atoms with Crippen molar-refractivity contribution in [1.29, 1.82) is 0 Å². The topological polar surface area (TPSA) is 55.5 Å². The summed E-state index contributed by atoms with van der Waals surface area (Å²) in [5.41, 5.74) is 2.49. The number of fused-ring (bicyclic) bond motifs is 1. The lowest BCUT2D eigenvalue weighted by molar-refractivity contribution is 0.108. The van der Waals surface area contributed by atoms with Crippen molar-refractivity contribution in [3.05, 3.63) is 54.0 Å². The molecule has 6 heteroatoms. The molecule has 138 valence electrons. The van der Waals surface area contributed by atoms with E-state index in [1.165, 1.54) is 11.1 Å². The Morgan fingerprint density at radius 1 is 1.19 bits per heavy atom. The lowest BCUT2D eigenvalue weighted by atomic mass is 10.1. The van der Waals surface area contributed by atoms with Crippen LogP contribution in [0.1, 0.15) is 37.8 Å². The molecule has 1 aliphatic rings. The Kier molecular flexibility index (Phi) is 6.17. The van der Waals surface area contributed by atoms with Crippen LogP contribution in [0, 0.1) is 6.92 Å². The van der Waals surface area contributed by atoms with Crippen molar-refractivity contribution in [2.45, 2.75) is 46.3 Å². The summed E-state index contributed by atoms with van der Waals surface area (Å²) in [6.07, 6.45) is 5.64. The molecule has 0 spiro atoms. The third-order valence-electron chi connectivity index (χ3n) is 4.49. The lowest BCUT2D eigenvalue weighted by Gasteiger charge is -2.26. The predicted octanol–water partition coefficient (Wildman–Crippen LogP) is 3.64. The van der Waals surface area contributed by atoms with E-state index in [-0.39, 0.29) is 0 Å². The second kappa shape index (κ2) is 8.76. The lowest BCUT2D eigenvalue weighted by Crippen LogP contribution is -2.34. The summed E-state index contributed by atoms with van der Waals surface area (Å²) in [6, 6.07) is 10.8. The zero-order valence-electron chi connectivity index (χ0n) is 15.8. The number of aromatic nitrogens is 4. The summed E-state index contributed by atoms with van der Waals surface area (Å²) < 4.78 is 7.81. The van der Waals surface area contributed by atoms with Gasteiger partial charge in [0.25, 0.3) is 5.78 Å². The van der Waals surface area contributed by atoms with Gasteiger partial charge in [-0.3, -0.25) is 0 Å². The van der Waals surface area contributed by atoms with E-state index in [4.69, 9.17) is 4.74 Å². The molecular weight excluding hydrogens is 326 g/mol. The Labute approximate surface area is 154 Å². The van der Waals surface area contributed by atoms with Crippen LogP contribution < -0.4 is 4.90 Å². The van der Waals surface area contributed by atoms with E-state index in [1.807, 2.05) is 19.9 Å². The van der Waals surface area contributed by atoms with Crippen LogP contribution in [0.25, 0.3) is 5.78 Å². The quantitative estimate of drug-likeness (QED) is 0.701. The Hall–Kier alpha value is -2.47. The van der Waals surface area contributed by atoms with Gasteiger partial charge in [-0.25, -0.2) is 4.98 Å². The zero-order valence-corrected chi connectivity index (χ0v) is 15.8. The first-order chi connectivity index (χ1) is 12.8. The van der Waals surface area contributed by atoms with Gasteiger partial charge in [0.15, 0.2) is 0 Å². The molecule has 3 aromatic rings. The second-order valence-corrected chi connectivity index (χ2v) is 6.27. The summed E-state index contributed by atoms with van der Waals surface area (Å²) in [4.78, 5) is 10.8. The van der Waals surface area contributed by atoms with Crippen LogP contribution in [0.5, 0.6) is 0 Å². The number of hydrogen-bond acceptors (Lipinski definition) is 5. The van der Waals surface area contributed by atoms with Gasteiger partial charge in [0.05, 0.1) is 19.3 Å². The second-order valence-electron chi connectivity index (χ2n) is 6.27. The minimum Gasteiger partial charge on any atom is -0.375 e. The fourth-order valence-corrected chi connectivity index (χ4v) is 3.37. The molecule has 0 unspecified atom stereocenters. The highest BCUT2D eigenvalue weighted by atomic mass is 16.5. The minimum atomic E-state index is 0.365. The Balaban J connectivity index is 0.000000948. The number of ether oxygens (including phenoxy) is 1. The SMILES string of the molecule is CC.Cc1cccc(COC[C@H]2CCCN2c2ccnc3ncnn23)c1. The molecule has 1 aromatic carbocycles. The summed E-state index contributed by atoms with van der Waals surface area (Å²) in [7, 11) is 0. The van der Waals surface area contributed by atoms with Crippen LogP contribution in [0.4, 0.5) is 5.82 Å². The van der Waals surface area contributed by atoms with Crippen LogP contribution in [0.3, 0.4) is 0 Å². The summed E-state index contributed by atoms with van der Waals surface area (Å²) >= 11 is 0. The molecule has 1 aliphatic heterocycles. The summed E-state index contributed by atoms with van der Waals surface area (Å²) in [5.74, 6) is 1.68. The maximum atomic E-state index is 6.00. The molecule has 0 aliphatic carbocycles. The Morgan fingerprint density at radius 3 is 2.92 bits per heavy atom. The summed E-state index contributed by atoms with van der Waals surface area (Å²) in [5, 5.41) is 4.30. The number of nitrogens with zero attached hydrogens (tertiary/aromatic N) is 5. The van der Waals surface area contributed by atoms with Gasteiger partial charge in [0, 0.05) is 12.7 Å². The van der Waals surface area contributed by atoms with Crippen molar-refractivity contribution in [1.82, 2.24) is 19.6 Å². The van der Waals surface area contributed by atoms with Gasteiger partial charge < -0.3 is 9.64 Å². The maximum Gasteiger partial charge on any atom is 0.254 e. The van der Waals surface area contributed by atoms with Crippen molar-refractivity contribution in [3.8, 4) is 0 Å². The molecule has 6 nitrogen and oxygen atoms in total. The highest BCUT2D eigenvalue weighted by molar-refractivity contribution is 5.46. The molecule has 0 bridgehead atoms. The van der Waals surface area contributed by atoms with Crippen LogP contribution in [0.15, 0.2) is 42.9 Å². The van der Waals surface area contributed by atoms with Crippen molar-refractivity contribution in [3.63, 3.8) is 0 Å². The fraction of sp³-hybridized carbons (Fsp3) is 0.450. The Bertz CT molecular complexity index is 832. The van der Waals surface area contributed by atoms with Crippen LogP contribution in [-0.4, -0.2) is 38.8 Å². The van der Waals surface area contributed by atoms with Gasteiger partial charge in [0.2, 0.25) is 0 Å². The van der Waals surface area contributed by atoms with Gasteiger partial charge in [0.1, 0.15) is 12.1 Å². The number of anilines is 1. The number of hydrogen-bond donors (Lipinski definition) is 0. The first kappa shape index (κ1) is 18.3. The van der Waals surface area contributed by atoms with Crippen molar-refractivity contribution in [2.24, 2.45) is 0 Å². The number of rotatable bonds is 5. The molecule has 1 atom stereocenters. The highest BCUT2D eigenvalue weighted by Gasteiger charge is 2.27. The first-order valence-corrected chi connectivity index (χ1v) is 9.36. The maximum absolute atomic E-state index is 6.00. The van der Waals surface area contributed by atoms with Gasteiger partial charge >= 0.3 is 0 Å². The summed E-state index contributed by atoms with van der Waals surface area (Å²) in [6.45, 7) is 8.49. The monoisotopic (exact) mass is 353 g/mol. The van der Waals surface area contributed by atoms with Crippen LogP contribution in [-0.2, 0) is 11.3 Å². The molecule has 1 saturated heterocycles. The molecule has 0 N–H and O–H groups in total. The van der Waals surface area contributed by atoms with E-state index in [0.29, 0.717) is 25.0 Å². The first-order valence-electron chi connectivity index (χ1n) is 9.36. The average molecular weight is 353 g/mol. The van der Waals surface area contributed by atoms with Gasteiger partial charge in [-0.05, 0) is 31.4 Å². The molecule has 0 amide bonds. The van der Waals surface area contributed by atoms with Gasteiger partial charge in [-0.1, -0.05) is 43.7 Å². The normalized spacial score (nSPS) is 16.6. The average Bonchev–Trinajstić information content (AvgIpc) is 3.32. The van der Waals surface area contributed by atoms with Crippen LogP contribution >= 0.6 is 0 Å². The zero-order chi connectivity index (χ0) is 18.4. The largest absolute Gasteiger partial charge is 0.375 e. The van der Waals surface area contributed by atoms with Crippen molar-refractivity contribution in [2.75, 3.05) is 18.1 Å². The molecule has 2 aromatic heterocycles. The van der Waals surface area contributed by atoms with Crippen molar-refractivity contribution >= 4 is 11.6 Å². The van der Waals surface area contributed by atoms with E-state index >= 15 is 0 Å². The van der Waals surface area contributed by atoms with E-state index in [1.54, 1.807) is 17.0 Å². The Morgan fingerprint density at radius 2 is 2.08 bits per heavy atom. The van der Waals surface area contributed by atoms with E-state index < -0.39 is 0 Å².